The Labute approximate surface area is 170 Å². The van der Waals surface area contributed by atoms with Crippen molar-refractivity contribution < 1.29 is 19.1 Å². The van der Waals surface area contributed by atoms with Crippen LogP contribution in [0.15, 0.2) is 36.4 Å². The highest BCUT2D eigenvalue weighted by molar-refractivity contribution is 14.1. The maximum absolute atomic E-state index is 13.7. The van der Waals surface area contributed by atoms with Gasteiger partial charge in [-0.2, -0.15) is 0 Å². The molecular formula is C18H19ClFIN2O3. The molecule has 0 aliphatic heterocycles. The Bertz CT molecular complexity index is 802. The van der Waals surface area contributed by atoms with Crippen molar-refractivity contribution >= 4 is 51.5 Å². The number of anilines is 2. The van der Waals surface area contributed by atoms with Crippen molar-refractivity contribution in [1.29, 1.82) is 0 Å². The van der Waals surface area contributed by atoms with Crippen molar-refractivity contribution in [3.05, 3.63) is 56.4 Å². The zero-order valence-corrected chi connectivity index (χ0v) is 17.2. The number of amides is 1. The van der Waals surface area contributed by atoms with Gasteiger partial charge in [0.05, 0.1) is 27.6 Å². The monoisotopic (exact) mass is 492 g/mol. The average molecular weight is 493 g/mol. The van der Waals surface area contributed by atoms with Crippen LogP contribution < -0.4 is 10.8 Å². The predicted octanol–water partition coefficient (Wildman–Crippen LogP) is 4.65. The third-order valence-electron chi connectivity index (χ3n) is 3.56. The van der Waals surface area contributed by atoms with Gasteiger partial charge in [-0.05, 0) is 72.8 Å². The Balaban J connectivity index is 2.22. The van der Waals surface area contributed by atoms with Crippen LogP contribution >= 0.6 is 34.2 Å². The molecule has 3 N–H and O–H groups in total. The van der Waals surface area contributed by atoms with Gasteiger partial charge in [0.2, 0.25) is 0 Å². The summed E-state index contributed by atoms with van der Waals surface area (Å²) in [5.41, 5.74) is 2.61. The van der Waals surface area contributed by atoms with E-state index >= 15 is 0 Å². The smallest absolute Gasteiger partial charge is 0.276 e. The molecule has 0 bridgehead atoms. The molecule has 0 aromatic heterocycles. The molecule has 26 heavy (non-hydrogen) atoms. The van der Waals surface area contributed by atoms with Crippen LogP contribution in [-0.2, 0) is 4.84 Å². The van der Waals surface area contributed by atoms with E-state index in [0.717, 1.165) is 3.57 Å². The summed E-state index contributed by atoms with van der Waals surface area (Å²) < 4.78 is 14.6. The fourth-order valence-corrected chi connectivity index (χ4v) is 3.02. The number of carbonyl (C=O) groups excluding carboxylic acids is 1. The number of hydrogen-bond acceptors (Lipinski definition) is 4. The second kappa shape index (κ2) is 8.98. The number of benzene rings is 2. The molecule has 0 aliphatic rings. The molecule has 2 rings (SSSR count). The second-order valence-electron chi connectivity index (χ2n) is 6.21. The van der Waals surface area contributed by atoms with E-state index in [9.17, 15) is 9.18 Å². The molecule has 0 atom stereocenters. The number of nitrogens with one attached hydrogen (secondary N) is 2. The lowest BCUT2D eigenvalue weighted by Gasteiger charge is -2.24. The topological polar surface area (TPSA) is 70.6 Å². The van der Waals surface area contributed by atoms with Gasteiger partial charge in [-0.1, -0.05) is 11.6 Å². The van der Waals surface area contributed by atoms with Crippen LogP contribution in [0.3, 0.4) is 0 Å². The summed E-state index contributed by atoms with van der Waals surface area (Å²) >= 11 is 8.33. The van der Waals surface area contributed by atoms with E-state index in [2.05, 4.69) is 33.4 Å². The number of hydrogen-bond donors (Lipinski definition) is 3. The van der Waals surface area contributed by atoms with Gasteiger partial charge in [-0.3, -0.25) is 9.63 Å². The third kappa shape index (κ3) is 5.80. The molecule has 0 heterocycles. The van der Waals surface area contributed by atoms with Crippen molar-refractivity contribution in [2.75, 3.05) is 11.9 Å². The van der Waals surface area contributed by atoms with Gasteiger partial charge in [-0.25, -0.2) is 9.87 Å². The molecular weight excluding hydrogens is 474 g/mol. The summed E-state index contributed by atoms with van der Waals surface area (Å²) in [6.07, 6.45) is 0.347. The first kappa shape index (κ1) is 20.9. The molecule has 0 radical (unpaired) electrons. The quantitative estimate of drug-likeness (QED) is 0.389. The van der Waals surface area contributed by atoms with E-state index in [0.29, 0.717) is 17.1 Å². The lowest BCUT2D eigenvalue weighted by molar-refractivity contribution is -0.0805. The highest BCUT2D eigenvalue weighted by Crippen LogP contribution is 2.29. The maximum Gasteiger partial charge on any atom is 0.276 e. The van der Waals surface area contributed by atoms with Crippen molar-refractivity contribution in [2.24, 2.45) is 0 Å². The largest absolute Gasteiger partial charge is 0.396 e. The van der Waals surface area contributed by atoms with Crippen LogP contribution in [0, 0.1) is 9.39 Å². The Morgan fingerprint density at radius 2 is 2.00 bits per heavy atom. The molecule has 2 aromatic carbocycles. The standard InChI is InChI=1S/C18H19ClFIN2O3/c1-18(2,7-8-24)26-23-17(25)13-5-3-11(20)9-16(13)22-15-6-4-12(21)10-14(15)19/h3-6,9-10,22,24H,7-8H2,1-2H3,(H,23,25). The number of aliphatic hydroxyl groups is 1. The first-order chi connectivity index (χ1) is 12.2. The van der Waals surface area contributed by atoms with Crippen molar-refractivity contribution in [3.8, 4) is 0 Å². The van der Waals surface area contributed by atoms with Crippen LogP contribution in [0.2, 0.25) is 5.02 Å². The van der Waals surface area contributed by atoms with E-state index in [1.54, 1.807) is 26.0 Å². The minimum absolute atomic E-state index is 0.0719. The predicted molar refractivity (Wildman–Crippen MR) is 108 cm³/mol. The molecule has 0 spiro atoms. The molecule has 0 aliphatic carbocycles. The molecule has 1 amide bonds. The fraction of sp³-hybridized carbons (Fsp3) is 0.278. The summed E-state index contributed by atoms with van der Waals surface area (Å²) in [4.78, 5) is 17.8. The summed E-state index contributed by atoms with van der Waals surface area (Å²) in [6.45, 7) is 3.40. The molecule has 5 nitrogen and oxygen atoms in total. The van der Waals surface area contributed by atoms with E-state index in [4.69, 9.17) is 21.5 Å². The first-order valence-corrected chi connectivity index (χ1v) is 9.28. The van der Waals surface area contributed by atoms with Gasteiger partial charge in [-0.15, -0.1) is 0 Å². The molecule has 0 unspecified atom stereocenters. The Hall–Kier alpha value is -1.42. The SMILES string of the molecule is CC(C)(CCO)ONC(=O)c1ccc(F)cc1Nc1ccc(I)cc1Cl. The Kier molecular flexibility index (Phi) is 7.22. The van der Waals surface area contributed by atoms with E-state index in [-0.39, 0.29) is 17.9 Å². The zero-order valence-electron chi connectivity index (χ0n) is 14.3. The maximum atomic E-state index is 13.7. The van der Waals surface area contributed by atoms with Gasteiger partial charge in [0.25, 0.3) is 5.91 Å². The number of halogens is 3. The zero-order chi connectivity index (χ0) is 19.3. The van der Waals surface area contributed by atoms with Crippen molar-refractivity contribution in [2.45, 2.75) is 25.9 Å². The summed E-state index contributed by atoms with van der Waals surface area (Å²) in [5, 5.41) is 12.4. The summed E-state index contributed by atoms with van der Waals surface area (Å²) in [5.74, 6) is -1.03. The lowest BCUT2D eigenvalue weighted by Crippen LogP contribution is -2.36. The minimum atomic E-state index is -0.739. The van der Waals surface area contributed by atoms with Crippen LogP contribution in [0.1, 0.15) is 30.6 Å². The van der Waals surface area contributed by atoms with E-state index < -0.39 is 17.3 Å². The summed E-state index contributed by atoms with van der Waals surface area (Å²) in [6, 6.07) is 9.10. The molecule has 0 saturated heterocycles. The molecule has 8 heteroatoms. The second-order valence-corrected chi connectivity index (χ2v) is 7.86. The first-order valence-electron chi connectivity index (χ1n) is 7.83. The summed E-state index contributed by atoms with van der Waals surface area (Å²) in [7, 11) is 0. The normalized spacial score (nSPS) is 11.3. The number of hydroxylamine groups is 1. The number of carbonyl (C=O) groups is 1. The number of rotatable bonds is 7. The number of aliphatic hydroxyl groups excluding tert-OH is 1. The van der Waals surface area contributed by atoms with Crippen LogP contribution in [0.4, 0.5) is 15.8 Å². The molecule has 0 fully saturated rings. The van der Waals surface area contributed by atoms with Gasteiger partial charge in [0.1, 0.15) is 5.82 Å². The lowest BCUT2D eigenvalue weighted by atomic mass is 10.1. The van der Waals surface area contributed by atoms with Gasteiger partial charge >= 0.3 is 0 Å². The van der Waals surface area contributed by atoms with Crippen LogP contribution in [-0.4, -0.2) is 23.2 Å². The third-order valence-corrected chi connectivity index (χ3v) is 4.54. The van der Waals surface area contributed by atoms with Crippen LogP contribution in [0.5, 0.6) is 0 Å². The van der Waals surface area contributed by atoms with Crippen molar-refractivity contribution in [3.63, 3.8) is 0 Å². The van der Waals surface area contributed by atoms with Gasteiger partial charge in [0, 0.05) is 16.6 Å². The molecule has 2 aromatic rings. The highest BCUT2D eigenvalue weighted by Gasteiger charge is 2.21. The Morgan fingerprint density at radius 3 is 2.65 bits per heavy atom. The van der Waals surface area contributed by atoms with Gasteiger partial charge in [0.15, 0.2) is 0 Å². The van der Waals surface area contributed by atoms with Gasteiger partial charge < -0.3 is 10.4 Å². The fourth-order valence-electron chi connectivity index (χ4n) is 2.11. The average Bonchev–Trinajstić information content (AvgIpc) is 2.55. The van der Waals surface area contributed by atoms with E-state index in [1.807, 2.05) is 6.07 Å². The molecule has 0 saturated carbocycles. The Morgan fingerprint density at radius 1 is 1.27 bits per heavy atom. The van der Waals surface area contributed by atoms with E-state index in [1.165, 1.54) is 18.2 Å². The minimum Gasteiger partial charge on any atom is -0.396 e. The highest BCUT2D eigenvalue weighted by atomic mass is 127. The molecule has 140 valence electrons. The van der Waals surface area contributed by atoms with Crippen LogP contribution in [0.25, 0.3) is 0 Å². The van der Waals surface area contributed by atoms with Crippen molar-refractivity contribution in [1.82, 2.24) is 5.48 Å².